The summed E-state index contributed by atoms with van der Waals surface area (Å²) in [6.07, 6.45) is 4.14. The molecule has 4 aromatic rings. The quantitative estimate of drug-likeness (QED) is 0.361. The first-order valence-corrected chi connectivity index (χ1v) is 10.5. The summed E-state index contributed by atoms with van der Waals surface area (Å²) in [6, 6.07) is 16.6. The molecule has 2 aromatic carbocycles. The largest absolute Gasteiger partial charge is 0.383 e. The number of aromatic nitrogens is 2. The highest BCUT2D eigenvalue weighted by Crippen LogP contribution is 2.40. The van der Waals surface area contributed by atoms with Crippen LogP contribution in [-0.2, 0) is 6.42 Å². The lowest BCUT2D eigenvalue weighted by molar-refractivity contribution is 0.220. The maximum absolute atomic E-state index is 11.3. The van der Waals surface area contributed by atoms with E-state index < -0.39 is 6.10 Å². The van der Waals surface area contributed by atoms with Crippen molar-refractivity contribution in [3.63, 3.8) is 0 Å². The van der Waals surface area contributed by atoms with Crippen LogP contribution in [0.3, 0.4) is 0 Å². The summed E-state index contributed by atoms with van der Waals surface area (Å²) in [4.78, 5) is 4.14. The molecule has 0 aliphatic carbocycles. The molecular weight excluding hydrogens is 419 g/mol. The van der Waals surface area contributed by atoms with Crippen LogP contribution in [0.15, 0.2) is 71.5 Å². The molecule has 1 atom stereocenters. The van der Waals surface area contributed by atoms with Crippen LogP contribution in [-0.4, -0.2) is 15.2 Å². The predicted octanol–water partition coefficient (Wildman–Crippen LogP) is 6.74. The zero-order valence-electron chi connectivity index (χ0n) is 16.3. The van der Waals surface area contributed by atoms with Crippen LogP contribution in [0.25, 0.3) is 22.6 Å². The topological polar surface area (TPSA) is 59.2 Å². The molecule has 0 saturated carbocycles. The van der Waals surface area contributed by atoms with Gasteiger partial charge < -0.3 is 9.63 Å². The Labute approximate surface area is 185 Å². The molecule has 0 bridgehead atoms. The van der Waals surface area contributed by atoms with Crippen molar-refractivity contribution in [3.05, 3.63) is 93.7 Å². The number of aryl methyl sites for hydroxylation is 1. The Balaban J connectivity index is 1.93. The van der Waals surface area contributed by atoms with E-state index in [9.17, 15) is 5.11 Å². The van der Waals surface area contributed by atoms with Crippen LogP contribution in [0.2, 0.25) is 10.0 Å². The number of aliphatic hydroxyl groups excluding tert-OH is 1. The van der Waals surface area contributed by atoms with E-state index in [0.29, 0.717) is 32.6 Å². The molecule has 0 saturated heterocycles. The third kappa shape index (κ3) is 4.12. The number of benzene rings is 2. The lowest BCUT2D eigenvalue weighted by Crippen LogP contribution is -2.03. The van der Waals surface area contributed by atoms with Crippen LogP contribution >= 0.6 is 23.2 Å². The van der Waals surface area contributed by atoms with Gasteiger partial charge in [-0.1, -0.05) is 53.8 Å². The Morgan fingerprint density at radius 1 is 1.03 bits per heavy atom. The van der Waals surface area contributed by atoms with E-state index in [2.05, 4.69) is 17.1 Å². The molecular formula is C24H20Cl2N2O2. The van der Waals surface area contributed by atoms with E-state index in [1.54, 1.807) is 30.6 Å². The summed E-state index contributed by atoms with van der Waals surface area (Å²) in [7, 11) is 0. The molecule has 1 N–H and O–H groups in total. The summed E-state index contributed by atoms with van der Waals surface area (Å²) >= 11 is 12.3. The van der Waals surface area contributed by atoms with E-state index in [-0.39, 0.29) is 0 Å². The van der Waals surface area contributed by atoms with Gasteiger partial charge >= 0.3 is 0 Å². The highest BCUT2D eigenvalue weighted by atomic mass is 35.5. The first-order valence-electron chi connectivity index (χ1n) is 9.70. The molecule has 6 heteroatoms. The van der Waals surface area contributed by atoms with Gasteiger partial charge in [0.1, 0.15) is 11.8 Å². The smallest absolute Gasteiger partial charge is 0.173 e. The molecule has 1 unspecified atom stereocenters. The summed E-state index contributed by atoms with van der Waals surface area (Å²) < 4.78 is 5.78. The predicted molar refractivity (Wildman–Crippen MR) is 120 cm³/mol. The fourth-order valence-electron chi connectivity index (χ4n) is 3.53. The zero-order valence-corrected chi connectivity index (χ0v) is 17.9. The van der Waals surface area contributed by atoms with Gasteiger partial charge in [0.15, 0.2) is 5.76 Å². The Morgan fingerprint density at radius 2 is 1.80 bits per heavy atom. The molecule has 4 nitrogen and oxygen atoms in total. The van der Waals surface area contributed by atoms with Crippen molar-refractivity contribution < 1.29 is 9.63 Å². The monoisotopic (exact) mass is 438 g/mol. The van der Waals surface area contributed by atoms with E-state index in [1.165, 1.54) is 0 Å². The van der Waals surface area contributed by atoms with Crippen molar-refractivity contribution in [1.29, 1.82) is 0 Å². The molecule has 0 aliphatic heterocycles. The minimum absolute atomic E-state index is 0.496. The Hall–Kier alpha value is -2.66. The molecule has 0 spiro atoms. The van der Waals surface area contributed by atoms with Crippen LogP contribution in [0.4, 0.5) is 0 Å². The second kappa shape index (κ2) is 9.00. The van der Waals surface area contributed by atoms with Crippen LogP contribution in [0.5, 0.6) is 0 Å². The second-order valence-corrected chi connectivity index (χ2v) is 7.89. The van der Waals surface area contributed by atoms with Gasteiger partial charge in [0, 0.05) is 39.1 Å². The Morgan fingerprint density at radius 3 is 2.50 bits per heavy atom. The maximum atomic E-state index is 11.3. The SMILES string of the molecule is CCCc1cc(Cl)ccc1-c1noc(-c2ccc(Cl)cc2)c1C(O)c1cccnc1. The third-order valence-electron chi connectivity index (χ3n) is 4.95. The van der Waals surface area contributed by atoms with Gasteiger partial charge in [-0.25, -0.2) is 0 Å². The summed E-state index contributed by atoms with van der Waals surface area (Å²) in [6.45, 7) is 2.11. The van der Waals surface area contributed by atoms with Gasteiger partial charge in [-0.3, -0.25) is 4.98 Å². The lowest BCUT2D eigenvalue weighted by Gasteiger charge is -2.14. The number of hydrogen-bond acceptors (Lipinski definition) is 4. The first kappa shape index (κ1) is 20.6. The number of hydrogen-bond donors (Lipinski definition) is 1. The third-order valence-corrected chi connectivity index (χ3v) is 5.44. The number of halogens is 2. The van der Waals surface area contributed by atoms with E-state index in [0.717, 1.165) is 29.5 Å². The van der Waals surface area contributed by atoms with E-state index >= 15 is 0 Å². The number of nitrogens with zero attached hydrogens (tertiary/aromatic N) is 2. The van der Waals surface area contributed by atoms with Gasteiger partial charge in [-0.2, -0.15) is 0 Å². The molecule has 30 heavy (non-hydrogen) atoms. The molecule has 152 valence electrons. The second-order valence-electron chi connectivity index (χ2n) is 7.02. The van der Waals surface area contributed by atoms with Crippen LogP contribution in [0, 0.1) is 0 Å². The maximum Gasteiger partial charge on any atom is 0.173 e. The van der Waals surface area contributed by atoms with Crippen LogP contribution in [0.1, 0.15) is 36.1 Å². The highest BCUT2D eigenvalue weighted by molar-refractivity contribution is 6.31. The number of aliphatic hydroxyl groups is 1. The molecule has 4 rings (SSSR count). The van der Waals surface area contributed by atoms with Crippen molar-refractivity contribution in [2.24, 2.45) is 0 Å². The lowest BCUT2D eigenvalue weighted by atomic mass is 9.92. The van der Waals surface area contributed by atoms with Crippen molar-refractivity contribution >= 4 is 23.2 Å². The molecule has 2 heterocycles. The van der Waals surface area contributed by atoms with Crippen LogP contribution < -0.4 is 0 Å². The van der Waals surface area contributed by atoms with Crippen molar-refractivity contribution in [2.45, 2.75) is 25.9 Å². The molecule has 0 aliphatic rings. The fraction of sp³-hybridized carbons (Fsp3) is 0.167. The standard InChI is InChI=1S/C24H20Cl2N2O2/c1-2-4-16-13-19(26)10-11-20(16)22-21(23(29)17-5-3-12-27-14-17)24(30-28-22)15-6-8-18(25)9-7-15/h3,5-14,23,29H,2,4H2,1H3. The minimum atomic E-state index is -0.962. The average Bonchev–Trinajstić information content (AvgIpc) is 3.19. The first-order chi connectivity index (χ1) is 14.6. The van der Waals surface area contributed by atoms with Crippen molar-refractivity contribution in [1.82, 2.24) is 10.1 Å². The van der Waals surface area contributed by atoms with E-state index in [4.69, 9.17) is 27.7 Å². The molecule has 0 amide bonds. The summed E-state index contributed by atoms with van der Waals surface area (Å²) in [5, 5.41) is 17.0. The summed E-state index contributed by atoms with van der Waals surface area (Å²) in [5.74, 6) is 0.496. The molecule has 0 fully saturated rings. The van der Waals surface area contributed by atoms with Gasteiger partial charge in [0.05, 0.1) is 5.56 Å². The normalized spacial score (nSPS) is 12.1. The summed E-state index contributed by atoms with van der Waals surface area (Å²) in [5.41, 5.74) is 4.57. The Kier molecular flexibility index (Phi) is 6.18. The van der Waals surface area contributed by atoms with Gasteiger partial charge in [-0.15, -0.1) is 0 Å². The number of rotatable bonds is 6. The molecule has 2 aromatic heterocycles. The number of pyridine rings is 1. The van der Waals surface area contributed by atoms with Gasteiger partial charge in [0.2, 0.25) is 0 Å². The van der Waals surface area contributed by atoms with Crippen molar-refractivity contribution in [2.75, 3.05) is 0 Å². The van der Waals surface area contributed by atoms with E-state index in [1.807, 2.05) is 36.4 Å². The minimum Gasteiger partial charge on any atom is -0.383 e. The van der Waals surface area contributed by atoms with Gasteiger partial charge in [0.25, 0.3) is 0 Å². The Bertz CT molecular complexity index is 1140. The fourth-order valence-corrected chi connectivity index (χ4v) is 3.85. The highest BCUT2D eigenvalue weighted by Gasteiger charge is 2.27. The van der Waals surface area contributed by atoms with Crippen molar-refractivity contribution in [3.8, 4) is 22.6 Å². The molecule has 0 radical (unpaired) electrons. The average molecular weight is 439 g/mol. The zero-order chi connectivity index (χ0) is 21.1. The van der Waals surface area contributed by atoms with Gasteiger partial charge in [-0.05, 0) is 54.4 Å².